The normalized spacial score (nSPS) is 12.4. The average Bonchev–Trinajstić information content (AvgIpc) is 3.18. The van der Waals surface area contributed by atoms with Gasteiger partial charge in [-0.25, -0.2) is 4.98 Å². The third-order valence-corrected chi connectivity index (χ3v) is 5.03. The van der Waals surface area contributed by atoms with Crippen molar-refractivity contribution < 1.29 is 0 Å². The quantitative estimate of drug-likeness (QED) is 0.391. The van der Waals surface area contributed by atoms with E-state index in [1.54, 1.807) is 29.7 Å². The number of hydrogen-bond acceptors (Lipinski definition) is 5. The van der Waals surface area contributed by atoms with E-state index < -0.39 is 0 Å². The zero-order valence-corrected chi connectivity index (χ0v) is 17.8. The second kappa shape index (κ2) is 10.1. The lowest BCUT2D eigenvalue weighted by Crippen LogP contribution is -2.38. The van der Waals surface area contributed by atoms with Crippen LogP contribution in [0.15, 0.2) is 27.2 Å². The number of halogens is 1. The maximum Gasteiger partial charge on any atom is 0.191 e. The lowest BCUT2D eigenvalue weighted by atomic mass is 10.1. The number of thiazole rings is 1. The Hall–Kier alpha value is -0.870. The van der Waals surface area contributed by atoms with Gasteiger partial charge in [0.15, 0.2) is 11.1 Å². The summed E-state index contributed by atoms with van der Waals surface area (Å²) in [4.78, 5) is 10.8. The van der Waals surface area contributed by atoms with E-state index in [2.05, 4.69) is 49.7 Å². The summed E-state index contributed by atoms with van der Waals surface area (Å²) in [6.45, 7) is 3.75. The lowest BCUT2D eigenvalue weighted by molar-refractivity contribution is 0.699. The first-order valence-electron chi connectivity index (χ1n) is 7.18. The molecule has 0 fully saturated rings. The second-order valence-electron chi connectivity index (χ2n) is 5.28. The van der Waals surface area contributed by atoms with Crippen molar-refractivity contribution >= 4 is 57.7 Å². The van der Waals surface area contributed by atoms with Gasteiger partial charge in [-0.15, -0.1) is 35.3 Å². The molecule has 2 aromatic heterocycles. The highest BCUT2D eigenvalue weighted by molar-refractivity contribution is 14.0. The van der Waals surface area contributed by atoms with E-state index in [0.717, 1.165) is 23.3 Å². The first-order chi connectivity index (χ1) is 10.6. The van der Waals surface area contributed by atoms with E-state index in [0.29, 0.717) is 12.5 Å². The molecule has 2 N–H and O–H groups in total. The van der Waals surface area contributed by atoms with Crippen molar-refractivity contribution in [2.45, 2.75) is 19.4 Å². The Morgan fingerprint density at radius 1 is 1.35 bits per heavy atom. The van der Waals surface area contributed by atoms with Crippen LogP contribution in [-0.2, 0) is 6.54 Å². The molecule has 0 saturated carbocycles. The fourth-order valence-corrected chi connectivity index (χ4v) is 3.44. The number of nitrogens with one attached hydrogen (secondary N) is 2. The second-order valence-corrected chi connectivity index (χ2v) is 6.90. The summed E-state index contributed by atoms with van der Waals surface area (Å²) in [6, 6.07) is 2.17. The van der Waals surface area contributed by atoms with E-state index in [1.807, 2.05) is 19.0 Å². The van der Waals surface area contributed by atoms with E-state index in [1.165, 1.54) is 5.56 Å². The summed E-state index contributed by atoms with van der Waals surface area (Å²) in [5.41, 5.74) is 2.39. The molecule has 0 aromatic carbocycles. The van der Waals surface area contributed by atoms with Gasteiger partial charge < -0.3 is 15.5 Å². The summed E-state index contributed by atoms with van der Waals surface area (Å²) in [5.74, 6) is 1.27. The van der Waals surface area contributed by atoms with Crippen LogP contribution < -0.4 is 15.5 Å². The number of hydrogen-bond donors (Lipinski definition) is 2. The van der Waals surface area contributed by atoms with Crippen molar-refractivity contribution in [3.8, 4) is 0 Å². The highest BCUT2D eigenvalue weighted by Crippen LogP contribution is 2.18. The van der Waals surface area contributed by atoms with E-state index in [-0.39, 0.29) is 24.0 Å². The maximum absolute atomic E-state index is 4.55. The van der Waals surface area contributed by atoms with Crippen molar-refractivity contribution in [2.75, 3.05) is 32.6 Å². The molecular weight excluding hydrogens is 441 g/mol. The zero-order valence-electron chi connectivity index (χ0n) is 13.9. The Bertz CT molecular complexity index is 595. The van der Waals surface area contributed by atoms with E-state index >= 15 is 0 Å². The summed E-state index contributed by atoms with van der Waals surface area (Å²) in [5, 5.41) is 14.1. The van der Waals surface area contributed by atoms with Gasteiger partial charge in [-0.2, -0.15) is 11.3 Å². The number of guanidine groups is 1. The molecule has 2 rings (SSSR count). The van der Waals surface area contributed by atoms with Gasteiger partial charge in [0.2, 0.25) is 0 Å². The predicted octanol–water partition coefficient (Wildman–Crippen LogP) is 3.36. The molecule has 1 unspecified atom stereocenters. The van der Waals surface area contributed by atoms with Gasteiger partial charge >= 0.3 is 0 Å². The van der Waals surface area contributed by atoms with Gasteiger partial charge in [0, 0.05) is 33.1 Å². The molecule has 0 spiro atoms. The van der Waals surface area contributed by atoms with Crippen molar-refractivity contribution in [3.63, 3.8) is 0 Å². The van der Waals surface area contributed by atoms with Gasteiger partial charge in [-0.3, -0.25) is 4.99 Å². The van der Waals surface area contributed by atoms with Crippen LogP contribution in [0.2, 0.25) is 0 Å². The van der Waals surface area contributed by atoms with E-state index in [4.69, 9.17) is 0 Å². The average molecular weight is 465 g/mol. The first kappa shape index (κ1) is 20.2. The number of aliphatic imine (C=N–C) groups is 1. The smallest absolute Gasteiger partial charge is 0.191 e. The molecule has 0 aliphatic carbocycles. The maximum atomic E-state index is 4.55. The Labute approximate surface area is 163 Å². The molecule has 2 aromatic rings. The fourth-order valence-electron chi connectivity index (χ4n) is 1.90. The van der Waals surface area contributed by atoms with Gasteiger partial charge in [0.05, 0.1) is 12.2 Å². The molecule has 128 valence electrons. The molecule has 8 heteroatoms. The number of thiophene rings is 1. The van der Waals surface area contributed by atoms with Crippen LogP contribution in [0.25, 0.3) is 0 Å². The van der Waals surface area contributed by atoms with Crippen LogP contribution >= 0.6 is 46.7 Å². The molecule has 2 heterocycles. The minimum absolute atomic E-state index is 0. The first-order valence-corrected chi connectivity index (χ1v) is 9.00. The molecule has 0 amide bonds. The van der Waals surface area contributed by atoms with Gasteiger partial charge in [0.1, 0.15) is 0 Å². The lowest BCUT2D eigenvalue weighted by Gasteiger charge is -2.15. The van der Waals surface area contributed by atoms with Crippen molar-refractivity contribution in [2.24, 2.45) is 4.99 Å². The van der Waals surface area contributed by atoms with Crippen LogP contribution in [0.4, 0.5) is 5.13 Å². The Balaban J connectivity index is 0.00000264. The third kappa shape index (κ3) is 6.27. The van der Waals surface area contributed by atoms with Gasteiger partial charge in [-0.1, -0.05) is 6.92 Å². The summed E-state index contributed by atoms with van der Waals surface area (Å²) < 4.78 is 0. The largest absolute Gasteiger partial charge is 0.356 e. The molecule has 0 bridgehead atoms. The molecule has 0 radical (unpaired) electrons. The SMILES string of the molecule is CN=C(NCc1csc(N(C)C)n1)NCC(C)c1ccsc1.I. The van der Waals surface area contributed by atoms with Crippen molar-refractivity contribution in [1.29, 1.82) is 0 Å². The third-order valence-electron chi connectivity index (χ3n) is 3.27. The van der Waals surface area contributed by atoms with Crippen LogP contribution in [0, 0.1) is 0 Å². The van der Waals surface area contributed by atoms with Crippen molar-refractivity contribution in [1.82, 2.24) is 15.6 Å². The molecule has 23 heavy (non-hydrogen) atoms. The molecule has 0 aliphatic heterocycles. The molecule has 0 saturated heterocycles. The number of anilines is 1. The highest BCUT2D eigenvalue weighted by atomic mass is 127. The number of aromatic nitrogens is 1. The molecule has 1 atom stereocenters. The minimum atomic E-state index is 0. The standard InChI is InChI=1S/C15H23N5S2.HI/c1-11(12-5-6-21-9-12)7-17-14(16-2)18-8-13-10-22-15(19-13)20(3)4;/h5-6,9-11H,7-8H2,1-4H3,(H2,16,17,18);1H. The Morgan fingerprint density at radius 3 is 2.70 bits per heavy atom. The topological polar surface area (TPSA) is 52.6 Å². The molecule has 0 aliphatic rings. The zero-order chi connectivity index (χ0) is 15.9. The van der Waals surface area contributed by atoms with Gasteiger partial charge in [0.25, 0.3) is 0 Å². The predicted molar refractivity (Wildman–Crippen MR) is 113 cm³/mol. The number of nitrogens with zero attached hydrogens (tertiary/aromatic N) is 3. The van der Waals surface area contributed by atoms with Crippen LogP contribution in [0.3, 0.4) is 0 Å². The van der Waals surface area contributed by atoms with Crippen LogP contribution in [0.1, 0.15) is 24.1 Å². The number of rotatable bonds is 6. The highest BCUT2D eigenvalue weighted by Gasteiger charge is 2.08. The summed E-state index contributed by atoms with van der Waals surface area (Å²) in [6.07, 6.45) is 0. The summed E-state index contributed by atoms with van der Waals surface area (Å²) >= 11 is 3.38. The fraction of sp³-hybridized carbons (Fsp3) is 0.467. The summed E-state index contributed by atoms with van der Waals surface area (Å²) in [7, 11) is 5.79. The monoisotopic (exact) mass is 465 g/mol. The van der Waals surface area contributed by atoms with Crippen LogP contribution in [0.5, 0.6) is 0 Å². The van der Waals surface area contributed by atoms with Crippen LogP contribution in [-0.4, -0.2) is 38.6 Å². The minimum Gasteiger partial charge on any atom is -0.356 e. The van der Waals surface area contributed by atoms with Crippen molar-refractivity contribution in [3.05, 3.63) is 33.5 Å². The molecule has 5 nitrogen and oxygen atoms in total. The van der Waals surface area contributed by atoms with E-state index in [9.17, 15) is 0 Å². The van der Waals surface area contributed by atoms with Gasteiger partial charge in [-0.05, 0) is 28.3 Å². The Morgan fingerprint density at radius 2 is 2.13 bits per heavy atom. The Kier molecular flexibility index (Phi) is 8.85. The molecular formula is C15H24IN5S2.